The quantitative estimate of drug-likeness (QED) is 0.690. The van der Waals surface area contributed by atoms with Crippen LogP contribution in [-0.4, -0.2) is 16.6 Å². The third kappa shape index (κ3) is 1.80. The molecule has 0 saturated heterocycles. The minimum Gasteiger partial charge on any atom is -0.266 e. The van der Waals surface area contributed by atoms with Crippen LogP contribution < -0.4 is 0 Å². The normalized spacial score (nSPS) is 19.9. The monoisotopic (exact) mass is 236 g/mol. The Kier molecular flexibility index (Phi) is 2.45. The van der Waals surface area contributed by atoms with E-state index in [2.05, 4.69) is 4.99 Å². The maximum atomic E-state index is 12.2. The standard InChI is InChI=1S/C15H12N2O/c1-11-7-8-14-16-13(15(18)17(14)10-11)9-12-5-3-2-4-6-12/h2-10H,1H3/b13-9-. The number of benzene rings is 1. The molecule has 1 aromatic rings. The molecule has 0 unspecified atom stereocenters. The van der Waals surface area contributed by atoms with Gasteiger partial charge in [0.05, 0.1) is 0 Å². The Morgan fingerprint density at radius 3 is 2.72 bits per heavy atom. The summed E-state index contributed by atoms with van der Waals surface area (Å²) in [7, 11) is 0. The van der Waals surface area contributed by atoms with Gasteiger partial charge in [0.25, 0.3) is 5.91 Å². The summed E-state index contributed by atoms with van der Waals surface area (Å²) in [5.41, 5.74) is 2.50. The maximum absolute atomic E-state index is 12.2. The Morgan fingerprint density at radius 1 is 1.17 bits per heavy atom. The number of aliphatic imine (C=N–C) groups is 1. The first-order valence-corrected chi connectivity index (χ1v) is 5.79. The van der Waals surface area contributed by atoms with E-state index < -0.39 is 0 Å². The molecule has 18 heavy (non-hydrogen) atoms. The van der Waals surface area contributed by atoms with Crippen molar-refractivity contribution in [3.05, 3.63) is 65.5 Å². The number of hydrogen-bond donors (Lipinski definition) is 0. The number of carbonyl (C=O) groups excluding carboxylic acids is 1. The highest BCUT2D eigenvalue weighted by Crippen LogP contribution is 2.22. The van der Waals surface area contributed by atoms with E-state index in [0.29, 0.717) is 11.5 Å². The summed E-state index contributed by atoms with van der Waals surface area (Å²) in [6.07, 6.45) is 7.44. The minimum absolute atomic E-state index is 0.0717. The number of fused-ring (bicyclic) bond motifs is 1. The summed E-state index contributed by atoms with van der Waals surface area (Å²) in [6, 6.07) is 9.73. The molecule has 1 amide bonds. The van der Waals surface area contributed by atoms with E-state index in [-0.39, 0.29) is 5.91 Å². The van der Waals surface area contributed by atoms with Gasteiger partial charge in [0.2, 0.25) is 0 Å². The Bertz CT molecular complexity index is 621. The lowest BCUT2D eigenvalue weighted by atomic mass is 10.2. The zero-order valence-electron chi connectivity index (χ0n) is 10.00. The highest BCUT2D eigenvalue weighted by atomic mass is 16.2. The van der Waals surface area contributed by atoms with E-state index in [0.717, 1.165) is 11.1 Å². The molecule has 0 atom stereocenters. The first kappa shape index (κ1) is 10.7. The van der Waals surface area contributed by atoms with Crippen molar-refractivity contribution in [2.45, 2.75) is 6.92 Å². The molecule has 2 aliphatic rings. The molecule has 0 aliphatic carbocycles. The molecule has 2 aliphatic heterocycles. The van der Waals surface area contributed by atoms with Crippen molar-refractivity contribution in [3.8, 4) is 0 Å². The summed E-state index contributed by atoms with van der Waals surface area (Å²) in [6.45, 7) is 1.96. The number of amidine groups is 1. The number of carbonyl (C=O) groups is 1. The largest absolute Gasteiger partial charge is 0.282 e. The van der Waals surface area contributed by atoms with Gasteiger partial charge in [0, 0.05) is 6.20 Å². The molecular weight excluding hydrogens is 224 g/mol. The second-order valence-corrected chi connectivity index (χ2v) is 4.29. The highest BCUT2D eigenvalue weighted by molar-refractivity contribution is 6.19. The van der Waals surface area contributed by atoms with Gasteiger partial charge in [-0.25, -0.2) is 4.99 Å². The Hall–Kier alpha value is -2.42. The SMILES string of the molecule is CC1=CN2C(=O)/C(=C/c3ccccc3)N=C2C=C1. The molecule has 0 aromatic heterocycles. The molecule has 0 radical (unpaired) electrons. The van der Waals surface area contributed by atoms with Gasteiger partial charge in [0.15, 0.2) is 0 Å². The number of hydrogen-bond acceptors (Lipinski definition) is 2. The van der Waals surface area contributed by atoms with Gasteiger partial charge < -0.3 is 0 Å². The summed E-state index contributed by atoms with van der Waals surface area (Å²) in [4.78, 5) is 18.1. The van der Waals surface area contributed by atoms with Gasteiger partial charge in [-0.1, -0.05) is 36.4 Å². The van der Waals surface area contributed by atoms with Crippen molar-refractivity contribution in [1.29, 1.82) is 0 Å². The van der Waals surface area contributed by atoms with Crippen LogP contribution in [0.5, 0.6) is 0 Å². The first-order chi connectivity index (χ1) is 8.74. The lowest BCUT2D eigenvalue weighted by Crippen LogP contribution is -2.27. The highest BCUT2D eigenvalue weighted by Gasteiger charge is 2.28. The van der Waals surface area contributed by atoms with Gasteiger partial charge >= 0.3 is 0 Å². The maximum Gasteiger partial charge on any atom is 0.282 e. The van der Waals surface area contributed by atoms with Crippen LogP contribution in [0.1, 0.15) is 12.5 Å². The summed E-state index contributed by atoms with van der Waals surface area (Å²) in [5.74, 6) is 0.616. The van der Waals surface area contributed by atoms with Crippen molar-refractivity contribution in [2.75, 3.05) is 0 Å². The third-order valence-corrected chi connectivity index (χ3v) is 2.85. The molecule has 3 nitrogen and oxygen atoms in total. The second kappa shape index (κ2) is 4.11. The van der Waals surface area contributed by atoms with Gasteiger partial charge in [-0.2, -0.15) is 0 Å². The van der Waals surface area contributed by atoms with Crippen LogP contribution in [0.4, 0.5) is 0 Å². The van der Waals surface area contributed by atoms with E-state index in [1.807, 2.05) is 61.7 Å². The fourth-order valence-electron chi connectivity index (χ4n) is 1.95. The van der Waals surface area contributed by atoms with Gasteiger partial charge in [0.1, 0.15) is 11.5 Å². The molecule has 0 fully saturated rings. The number of allylic oxidation sites excluding steroid dienone is 2. The Labute approximate surface area is 105 Å². The fraction of sp³-hybridized carbons (Fsp3) is 0.0667. The van der Waals surface area contributed by atoms with Crippen molar-refractivity contribution in [1.82, 2.24) is 4.90 Å². The first-order valence-electron chi connectivity index (χ1n) is 5.79. The Balaban J connectivity index is 1.98. The van der Waals surface area contributed by atoms with Crippen LogP contribution >= 0.6 is 0 Å². The summed E-state index contributed by atoms with van der Waals surface area (Å²) in [5, 5.41) is 0. The summed E-state index contributed by atoms with van der Waals surface area (Å²) >= 11 is 0. The molecule has 0 spiro atoms. The van der Waals surface area contributed by atoms with Gasteiger partial charge in [-0.3, -0.25) is 9.69 Å². The predicted molar refractivity (Wildman–Crippen MR) is 71.6 cm³/mol. The molecule has 3 heteroatoms. The average Bonchev–Trinajstić information content (AvgIpc) is 2.68. The predicted octanol–water partition coefficient (Wildman–Crippen LogP) is 2.74. The molecule has 1 aromatic carbocycles. The van der Waals surface area contributed by atoms with Crippen LogP contribution in [0.25, 0.3) is 6.08 Å². The van der Waals surface area contributed by atoms with Gasteiger partial charge in [-0.15, -0.1) is 0 Å². The Morgan fingerprint density at radius 2 is 1.94 bits per heavy atom. The molecule has 88 valence electrons. The molecular formula is C15H12N2O. The zero-order chi connectivity index (χ0) is 12.5. The van der Waals surface area contributed by atoms with Crippen LogP contribution in [0.3, 0.4) is 0 Å². The van der Waals surface area contributed by atoms with Crippen LogP contribution in [0.15, 0.2) is 64.9 Å². The van der Waals surface area contributed by atoms with E-state index in [1.54, 1.807) is 4.90 Å². The van der Waals surface area contributed by atoms with Gasteiger partial charge in [-0.05, 0) is 30.2 Å². The van der Waals surface area contributed by atoms with E-state index in [4.69, 9.17) is 0 Å². The molecule has 3 rings (SSSR count). The number of amides is 1. The lowest BCUT2D eigenvalue weighted by Gasteiger charge is -2.14. The minimum atomic E-state index is -0.0717. The van der Waals surface area contributed by atoms with Crippen molar-refractivity contribution >= 4 is 17.8 Å². The van der Waals surface area contributed by atoms with Crippen molar-refractivity contribution < 1.29 is 4.79 Å². The fourth-order valence-corrected chi connectivity index (χ4v) is 1.95. The molecule has 2 heterocycles. The molecule has 0 saturated carbocycles. The lowest BCUT2D eigenvalue weighted by molar-refractivity contribution is -0.120. The number of rotatable bonds is 1. The number of nitrogens with zero attached hydrogens (tertiary/aromatic N) is 2. The van der Waals surface area contributed by atoms with Crippen LogP contribution in [0, 0.1) is 0 Å². The van der Waals surface area contributed by atoms with Crippen LogP contribution in [0.2, 0.25) is 0 Å². The smallest absolute Gasteiger partial charge is 0.266 e. The van der Waals surface area contributed by atoms with E-state index in [9.17, 15) is 4.79 Å². The third-order valence-electron chi connectivity index (χ3n) is 2.85. The van der Waals surface area contributed by atoms with E-state index in [1.165, 1.54) is 0 Å². The second-order valence-electron chi connectivity index (χ2n) is 4.29. The van der Waals surface area contributed by atoms with Crippen molar-refractivity contribution in [3.63, 3.8) is 0 Å². The summed E-state index contributed by atoms with van der Waals surface area (Å²) < 4.78 is 0. The van der Waals surface area contributed by atoms with E-state index >= 15 is 0 Å². The topological polar surface area (TPSA) is 32.7 Å². The molecule has 0 N–H and O–H groups in total. The van der Waals surface area contributed by atoms with Crippen molar-refractivity contribution in [2.24, 2.45) is 4.99 Å². The average molecular weight is 236 g/mol. The molecule has 0 bridgehead atoms. The zero-order valence-corrected chi connectivity index (χ0v) is 10.00. The van der Waals surface area contributed by atoms with Crippen LogP contribution in [-0.2, 0) is 4.79 Å².